The lowest BCUT2D eigenvalue weighted by molar-refractivity contribution is 0.225. The fraction of sp³-hybridized carbons (Fsp3) is 0.867. The third kappa shape index (κ3) is 3.16. The van der Waals surface area contributed by atoms with Crippen molar-refractivity contribution in [3.63, 3.8) is 0 Å². The quantitative estimate of drug-likeness (QED) is 0.887. The van der Waals surface area contributed by atoms with E-state index in [2.05, 4.69) is 33.9 Å². The van der Waals surface area contributed by atoms with Gasteiger partial charge in [-0.2, -0.15) is 0 Å². The van der Waals surface area contributed by atoms with Crippen molar-refractivity contribution in [2.45, 2.75) is 64.5 Å². The second-order valence-corrected chi connectivity index (χ2v) is 6.58. The Bertz CT molecular complexity index is 410. The van der Waals surface area contributed by atoms with Gasteiger partial charge in [0.15, 0.2) is 0 Å². The Morgan fingerprint density at radius 1 is 1.21 bits per heavy atom. The van der Waals surface area contributed by atoms with E-state index in [1.807, 2.05) is 6.33 Å². The molecule has 0 spiro atoms. The van der Waals surface area contributed by atoms with Crippen LogP contribution < -0.4 is 5.32 Å². The standard InChI is InChI=1S/C15H26N4/c1-11-3-6-14(9-12(11)2)16-7-8-19-10-17-18-15(19)13-4-5-13/h10-14,16H,3-9H2,1-2H3/t11-,12-,14-/m1/s1. The van der Waals surface area contributed by atoms with Crippen LogP contribution >= 0.6 is 0 Å². The molecule has 4 heteroatoms. The SMILES string of the molecule is C[C@@H]1CC[C@@H](NCCn2cnnc2C2CC2)C[C@H]1C. The average Bonchev–Trinajstić information content (AvgIpc) is 3.14. The Labute approximate surface area is 116 Å². The number of nitrogens with one attached hydrogen (secondary N) is 1. The van der Waals surface area contributed by atoms with Gasteiger partial charge in [0, 0.05) is 25.0 Å². The van der Waals surface area contributed by atoms with Crippen molar-refractivity contribution in [1.29, 1.82) is 0 Å². The average molecular weight is 262 g/mol. The lowest BCUT2D eigenvalue weighted by atomic mass is 9.79. The van der Waals surface area contributed by atoms with E-state index in [0.29, 0.717) is 12.0 Å². The van der Waals surface area contributed by atoms with Crippen LogP contribution in [0.25, 0.3) is 0 Å². The Hall–Kier alpha value is -0.900. The van der Waals surface area contributed by atoms with Crippen molar-refractivity contribution in [1.82, 2.24) is 20.1 Å². The molecule has 1 N–H and O–H groups in total. The minimum Gasteiger partial charge on any atom is -0.316 e. The van der Waals surface area contributed by atoms with Crippen LogP contribution in [0.1, 0.15) is 57.7 Å². The summed E-state index contributed by atoms with van der Waals surface area (Å²) < 4.78 is 2.24. The highest BCUT2D eigenvalue weighted by molar-refractivity contribution is 5.04. The van der Waals surface area contributed by atoms with E-state index >= 15 is 0 Å². The highest BCUT2D eigenvalue weighted by Crippen LogP contribution is 2.38. The molecule has 0 unspecified atom stereocenters. The molecule has 1 aromatic rings. The van der Waals surface area contributed by atoms with Gasteiger partial charge in [0.05, 0.1) is 0 Å². The number of aromatic nitrogens is 3. The Morgan fingerprint density at radius 3 is 2.79 bits per heavy atom. The predicted molar refractivity (Wildman–Crippen MR) is 76.0 cm³/mol. The zero-order valence-electron chi connectivity index (χ0n) is 12.2. The van der Waals surface area contributed by atoms with Gasteiger partial charge in [-0.1, -0.05) is 13.8 Å². The molecule has 2 aliphatic rings. The molecule has 0 radical (unpaired) electrons. The van der Waals surface area contributed by atoms with Gasteiger partial charge in [0.1, 0.15) is 12.2 Å². The van der Waals surface area contributed by atoms with Crippen LogP contribution in [0, 0.1) is 11.8 Å². The first-order valence-electron chi connectivity index (χ1n) is 7.85. The van der Waals surface area contributed by atoms with Crippen molar-refractivity contribution in [3.8, 4) is 0 Å². The normalized spacial score (nSPS) is 31.6. The Morgan fingerprint density at radius 2 is 2.05 bits per heavy atom. The maximum Gasteiger partial charge on any atom is 0.135 e. The van der Waals surface area contributed by atoms with Gasteiger partial charge in [-0.25, -0.2) is 0 Å². The summed E-state index contributed by atoms with van der Waals surface area (Å²) in [6.07, 6.45) is 8.52. The van der Waals surface area contributed by atoms with Crippen molar-refractivity contribution in [2.24, 2.45) is 11.8 Å². The lowest BCUT2D eigenvalue weighted by Crippen LogP contribution is -2.37. The number of rotatable bonds is 5. The van der Waals surface area contributed by atoms with Crippen molar-refractivity contribution in [2.75, 3.05) is 6.54 Å². The van der Waals surface area contributed by atoms with E-state index in [-0.39, 0.29) is 0 Å². The molecular formula is C15H26N4. The van der Waals surface area contributed by atoms with Crippen molar-refractivity contribution < 1.29 is 0 Å². The molecule has 0 aromatic carbocycles. The van der Waals surface area contributed by atoms with Gasteiger partial charge in [0.25, 0.3) is 0 Å². The smallest absolute Gasteiger partial charge is 0.135 e. The number of hydrogen-bond donors (Lipinski definition) is 1. The fourth-order valence-electron chi connectivity index (χ4n) is 3.22. The first-order valence-corrected chi connectivity index (χ1v) is 7.85. The molecule has 2 aliphatic carbocycles. The molecule has 2 fully saturated rings. The monoisotopic (exact) mass is 262 g/mol. The van der Waals surface area contributed by atoms with Crippen LogP contribution in [0.4, 0.5) is 0 Å². The largest absolute Gasteiger partial charge is 0.316 e. The molecule has 0 aliphatic heterocycles. The summed E-state index contributed by atoms with van der Waals surface area (Å²) in [7, 11) is 0. The molecule has 0 amide bonds. The summed E-state index contributed by atoms with van der Waals surface area (Å²) in [5, 5.41) is 12.0. The molecule has 106 valence electrons. The highest BCUT2D eigenvalue weighted by Gasteiger charge is 2.28. The summed E-state index contributed by atoms with van der Waals surface area (Å²) in [4.78, 5) is 0. The van der Waals surface area contributed by atoms with Gasteiger partial charge >= 0.3 is 0 Å². The summed E-state index contributed by atoms with van der Waals surface area (Å²) in [5.41, 5.74) is 0. The minimum atomic E-state index is 0.693. The molecule has 2 saturated carbocycles. The highest BCUT2D eigenvalue weighted by atomic mass is 15.3. The molecule has 1 aromatic heterocycles. The van der Waals surface area contributed by atoms with Crippen LogP contribution in [0.5, 0.6) is 0 Å². The molecule has 19 heavy (non-hydrogen) atoms. The summed E-state index contributed by atoms with van der Waals surface area (Å²) in [6.45, 7) is 6.84. The number of hydrogen-bond acceptors (Lipinski definition) is 3. The zero-order chi connectivity index (χ0) is 13.2. The van der Waals surface area contributed by atoms with Gasteiger partial charge < -0.3 is 9.88 Å². The van der Waals surface area contributed by atoms with E-state index in [4.69, 9.17) is 0 Å². The summed E-state index contributed by atoms with van der Waals surface area (Å²) in [5.74, 6) is 3.66. The van der Waals surface area contributed by atoms with Gasteiger partial charge in [-0.3, -0.25) is 0 Å². The van der Waals surface area contributed by atoms with Crippen LogP contribution in [0.15, 0.2) is 6.33 Å². The summed E-state index contributed by atoms with van der Waals surface area (Å²) >= 11 is 0. The molecular weight excluding hydrogens is 236 g/mol. The maximum atomic E-state index is 4.25. The third-order valence-corrected chi connectivity index (χ3v) is 4.97. The van der Waals surface area contributed by atoms with E-state index in [1.54, 1.807) is 0 Å². The van der Waals surface area contributed by atoms with Crippen LogP contribution in [0.2, 0.25) is 0 Å². The summed E-state index contributed by atoms with van der Waals surface area (Å²) in [6, 6.07) is 0.715. The van der Waals surface area contributed by atoms with E-state index in [0.717, 1.165) is 24.9 Å². The predicted octanol–water partition coefficient (Wildman–Crippen LogP) is 2.57. The topological polar surface area (TPSA) is 42.7 Å². The van der Waals surface area contributed by atoms with Gasteiger partial charge in [-0.05, 0) is 43.9 Å². The van der Waals surface area contributed by atoms with Crippen LogP contribution in [-0.4, -0.2) is 27.4 Å². The second kappa shape index (κ2) is 5.61. The zero-order valence-corrected chi connectivity index (χ0v) is 12.2. The van der Waals surface area contributed by atoms with Crippen LogP contribution in [-0.2, 0) is 6.54 Å². The van der Waals surface area contributed by atoms with Crippen LogP contribution in [0.3, 0.4) is 0 Å². The van der Waals surface area contributed by atoms with Crippen molar-refractivity contribution in [3.05, 3.63) is 12.2 Å². The molecule has 3 atom stereocenters. The molecule has 1 heterocycles. The third-order valence-electron chi connectivity index (χ3n) is 4.97. The number of nitrogens with zero attached hydrogens (tertiary/aromatic N) is 3. The van der Waals surface area contributed by atoms with E-state index in [9.17, 15) is 0 Å². The lowest BCUT2D eigenvalue weighted by Gasteiger charge is -2.32. The second-order valence-electron chi connectivity index (χ2n) is 6.58. The van der Waals surface area contributed by atoms with Crippen molar-refractivity contribution >= 4 is 0 Å². The van der Waals surface area contributed by atoms with Gasteiger partial charge in [0.2, 0.25) is 0 Å². The van der Waals surface area contributed by atoms with E-state index in [1.165, 1.54) is 37.9 Å². The molecule has 4 nitrogen and oxygen atoms in total. The van der Waals surface area contributed by atoms with Gasteiger partial charge in [-0.15, -0.1) is 10.2 Å². The van der Waals surface area contributed by atoms with E-state index < -0.39 is 0 Å². The Balaban J connectivity index is 1.44. The first kappa shape index (κ1) is 13.1. The maximum absolute atomic E-state index is 4.25. The molecule has 3 rings (SSSR count). The molecule has 0 saturated heterocycles. The Kier molecular flexibility index (Phi) is 3.87. The first-order chi connectivity index (χ1) is 9.24. The molecule has 0 bridgehead atoms. The minimum absolute atomic E-state index is 0.693. The fourth-order valence-corrected chi connectivity index (χ4v) is 3.22.